The van der Waals surface area contributed by atoms with Crippen molar-refractivity contribution in [2.75, 3.05) is 13.1 Å². The number of piperidine rings is 1. The SMILES string of the molecule is Cc1ccsc1C(=O)N1CC[C@H]2O[C@@H](C)C[C@H]2C1. The number of carbonyl (C=O) groups is 1. The quantitative estimate of drug-likeness (QED) is 0.781. The van der Waals surface area contributed by atoms with Crippen molar-refractivity contribution >= 4 is 17.2 Å². The number of hydrogen-bond donors (Lipinski definition) is 0. The molecule has 0 saturated carbocycles. The Morgan fingerprint density at radius 1 is 1.56 bits per heavy atom. The van der Waals surface area contributed by atoms with Crippen molar-refractivity contribution in [1.29, 1.82) is 0 Å². The van der Waals surface area contributed by atoms with Crippen molar-refractivity contribution in [1.82, 2.24) is 4.90 Å². The second-order valence-electron chi connectivity index (χ2n) is 5.45. The molecule has 1 amide bonds. The molecule has 1 aromatic rings. The summed E-state index contributed by atoms with van der Waals surface area (Å²) in [6, 6.07) is 2.02. The molecular weight excluding hydrogens is 246 g/mol. The number of thiophene rings is 1. The Hall–Kier alpha value is -0.870. The fourth-order valence-electron chi connectivity index (χ4n) is 3.12. The number of nitrogens with zero attached hydrogens (tertiary/aromatic N) is 1. The van der Waals surface area contributed by atoms with E-state index in [0.29, 0.717) is 18.1 Å². The number of amides is 1. The van der Waals surface area contributed by atoms with Crippen molar-refractivity contribution in [2.45, 2.75) is 38.9 Å². The van der Waals surface area contributed by atoms with Crippen molar-refractivity contribution in [3.63, 3.8) is 0 Å². The lowest BCUT2D eigenvalue weighted by atomic mass is 9.93. The van der Waals surface area contributed by atoms with Gasteiger partial charge in [0.1, 0.15) is 0 Å². The van der Waals surface area contributed by atoms with Crippen LogP contribution in [-0.2, 0) is 4.74 Å². The molecule has 98 valence electrons. The van der Waals surface area contributed by atoms with Gasteiger partial charge in [-0.2, -0.15) is 0 Å². The Kier molecular flexibility index (Phi) is 3.16. The van der Waals surface area contributed by atoms with Crippen LogP contribution in [0, 0.1) is 12.8 Å². The predicted octanol–water partition coefficient (Wildman–Crippen LogP) is 2.70. The molecule has 2 fully saturated rings. The number of hydrogen-bond acceptors (Lipinski definition) is 3. The molecule has 18 heavy (non-hydrogen) atoms. The first-order valence-corrected chi connectivity index (χ1v) is 7.52. The summed E-state index contributed by atoms with van der Waals surface area (Å²) in [5, 5.41) is 2.00. The van der Waals surface area contributed by atoms with Gasteiger partial charge in [0.15, 0.2) is 0 Å². The normalized spacial score (nSPS) is 31.4. The molecule has 2 aliphatic rings. The van der Waals surface area contributed by atoms with E-state index in [4.69, 9.17) is 4.74 Å². The van der Waals surface area contributed by atoms with Gasteiger partial charge < -0.3 is 9.64 Å². The maximum absolute atomic E-state index is 12.4. The molecule has 3 rings (SSSR count). The molecule has 0 radical (unpaired) electrons. The molecular formula is C14H19NO2S. The van der Waals surface area contributed by atoms with E-state index in [-0.39, 0.29) is 5.91 Å². The van der Waals surface area contributed by atoms with Gasteiger partial charge in [-0.3, -0.25) is 4.79 Å². The van der Waals surface area contributed by atoms with E-state index < -0.39 is 0 Å². The van der Waals surface area contributed by atoms with Gasteiger partial charge in [-0.25, -0.2) is 0 Å². The van der Waals surface area contributed by atoms with Gasteiger partial charge in [0.2, 0.25) is 0 Å². The maximum atomic E-state index is 12.4. The van der Waals surface area contributed by atoms with E-state index in [1.165, 1.54) is 0 Å². The average molecular weight is 265 g/mol. The lowest BCUT2D eigenvalue weighted by Crippen LogP contribution is -2.44. The van der Waals surface area contributed by atoms with E-state index in [9.17, 15) is 4.79 Å². The van der Waals surface area contributed by atoms with Crippen molar-refractivity contribution in [2.24, 2.45) is 5.92 Å². The largest absolute Gasteiger partial charge is 0.375 e. The Morgan fingerprint density at radius 3 is 3.11 bits per heavy atom. The van der Waals surface area contributed by atoms with Crippen LogP contribution in [0.2, 0.25) is 0 Å². The minimum absolute atomic E-state index is 0.209. The van der Waals surface area contributed by atoms with Crippen LogP contribution in [-0.4, -0.2) is 36.1 Å². The molecule has 0 aliphatic carbocycles. The molecule has 0 N–H and O–H groups in total. The molecule has 0 aromatic carbocycles. The van der Waals surface area contributed by atoms with Gasteiger partial charge in [-0.1, -0.05) is 0 Å². The van der Waals surface area contributed by atoms with Crippen LogP contribution in [0.15, 0.2) is 11.4 Å². The Labute approximate surface area is 112 Å². The number of rotatable bonds is 1. The average Bonchev–Trinajstić information content (AvgIpc) is 2.91. The summed E-state index contributed by atoms with van der Waals surface area (Å²) in [4.78, 5) is 15.4. The first-order chi connectivity index (χ1) is 8.65. The zero-order chi connectivity index (χ0) is 12.7. The number of ether oxygens (including phenoxy) is 1. The van der Waals surface area contributed by atoms with Crippen molar-refractivity contribution < 1.29 is 9.53 Å². The fourth-order valence-corrected chi connectivity index (χ4v) is 4.01. The highest BCUT2D eigenvalue weighted by molar-refractivity contribution is 7.12. The molecule has 3 atom stereocenters. The molecule has 3 nitrogen and oxygen atoms in total. The number of carbonyl (C=O) groups excluding carboxylic acids is 1. The van der Waals surface area contributed by atoms with E-state index >= 15 is 0 Å². The molecule has 0 unspecified atom stereocenters. The molecule has 0 bridgehead atoms. The van der Waals surface area contributed by atoms with Crippen molar-refractivity contribution in [3.8, 4) is 0 Å². The highest BCUT2D eigenvalue weighted by Crippen LogP contribution is 2.33. The topological polar surface area (TPSA) is 29.5 Å². The number of fused-ring (bicyclic) bond motifs is 1. The molecule has 3 heterocycles. The van der Waals surface area contributed by atoms with Gasteiger partial charge in [-0.05, 0) is 43.7 Å². The fraction of sp³-hybridized carbons (Fsp3) is 0.643. The molecule has 1 aromatic heterocycles. The van der Waals surface area contributed by atoms with Crippen LogP contribution >= 0.6 is 11.3 Å². The van der Waals surface area contributed by atoms with Crippen LogP contribution in [0.25, 0.3) is 0 Å². The third-order valence-corrected chi connectivity index (χ3v) is 5.05. The molecule has 2 saturated heterocycles. The highest BCUT2D eigenvalue weighted by atomic mass is 32.1. The van der Waals surface area contributed by atoms with E-state index in [0.717, 1.165) is 36.4 Å². The zero-order valence-electron chi connectivity index (χ0n) is 10.9. The van der Waals surface area contributed by atoms with E-state index in [1.807, 2.05) is 23.3 Å². The van der Waals surface area contributed by atoms with Gasteiger partial charge in [0.05, 0.1) is 17.1 Å². The van der Waals surface area contributed by atoms with Crippen LogP contribution in [0.1, 0.15) is 35.0 Å². The Bertz CT molecular complexity index is 456. The Balaban J connectivity index is 1.71. The molecule has 4 heteroatoms. The van der Waals surface area contributed by atoms with E-state index in [1.54, 1.807) is 11.3 Å². The summed E-state index contributed by atoms with van der Waals surface area (Å²) in [6.07, 6.45) is 2.83. The summed E-state index contributed by atoms with van der Waals surface area (Å²) in [7, 11) is 0. The first-order valence-electron chi connectivity index (χ1n) is 6.64. The monoisotopic (exact) mass is 265 g/mol. The standard InChI is InChI=1S/C14H19NO2S/c1-9-4-6-18-13(9)14(16)15-5-3-12-11(8-15)7-10(2)17-12/h4,6,10-12H,3,5,7-8H2,1-2H3/t10-,11-,12+/m0/s1. The minimum atomic E-state index is 0.209. The molecule has 2 aliphatic heterocycles. The Morgan fingerprint density at radius 2 is 2.39 bits per heavy atom. The lowest BCUT2D eigenvalue weighted by molar-refractivity contribution is 0.00877. The summed E-state index contributed by atoms with van der Waals surface area (Å²) < 4.78 is 5.87. The summed E-state index contributed by atoms with van der Waals surface area (Å²) in [5.74, 6) is 0.749. The molecule has 0 spiro atoms. The highest BCUT2D eigenvalue weighted by Gasteiger charge is 2.38. The van der Waals surface area contributed by atoms with Gasteiger partial charge >= 0.3 is 0 Å². The summed E-state index contributed by atoms with van der Waals surface area (Å²) in [6.45, 7) is 5.85. The lowest BCUT2D eigenvalue weighted by Gasteiger charge is -2.34. The van der Waals surface area contributed by atoms with Gasteiger partial charge in [-0.15, -0.1) is 11.3 Å². The van der Waals surface area contributed by atoms with Crippen LogP contribution in [0.3, 0.4) is 0 Å². The minimum Gasteiger partial charge on any atom is -0.375 e. The first kappa shape index (κ1) is 12.2. The van der Waals surface area contributed by atoms with Gasteiger partial charge in [0.25, 0.3) is 5.91 Å². The zero-order valence-corrected chi connectivity index (χ0v) is 11.7. The van der Waals surface area contributed by atoms with Crippen LogP contribution in [0.4, 0.5) is 0 Å². The van der Waals surface area contributed by atoms with Crippen LogP contribution in [0.5, 0.6) is 0 Å². The second-order valence-corrected chi connectivity index (χ2v) is 6.37. The second kappa shape index (κ2) is 4.67. The maximum Gasteiger partial charge on any atom is 0.264 e. The summed E-state index contributed by atoms with van der Waals surface area (Å²) in [5.41, 5.74) is 1.10. The summed E-state index contributed by atoms with van der Waals surface area (Å²) >= 11 is 1.55. The van der Waals surface area contributed by atoms with E-state index in [2.05, 4.69) is 6.92 Å². The van der Waals surface area contributed by atoms with Crippen molar-refractivity contribution in [3.05, 3.63) is 21.9 Å². The predicted molar refractivity (Wildman–Crippen MR) is 72.0 cm³/mol. The van der Waals surface area contributed by atoms with Crippen LogP contribution < -0.4 is 0 Å². The number of aryl methyl sites for hydroxylation is 1. The third kappa shape index (κ3) is 2.08. The third-order valence-electron chi connectivity index (χ3n) is 4.05. The number of likely N-dealkylation sites (tertiary alicyclic amines) is 1. The smallest absolute Gasteiger partial charge is 0.264 e. The van der Waals surface area contributed by atoms with Gasteiger partial charge in [0, 0.05) is 19.0 Å².